The van der Waals surface area contributed by atoms with Crippen molar-refractivity contribution in [2.45, 2.75) is 13.8 Å². The number of nitrogen functional groups attached to an aromatic ring is 1. The van der Waals surface area contributed by atoms with Crippen molar-refractivity contribution in [3.63, 3.8) is 0 Å². The van der Waals surface area contributed by atoms with Gasteiger partial charge in [-0.3, -0.25) is 4.79 Å². The molecule has 0 saturated heterocycles. The summed E-state index contributed by atoms with van der Waals surface area (Å²) in [5.41, 5.74) is 7.46. The average Bonchev–Trinajstić information content (AvgIpc) is 2.62. The van der Waals surface area contributed by atoms with Gasteiger partial charge in [0.25, 0.3) is 5.91 Å². The fourth-order valence-corrected chi connectivity index (χ4v) is 2.39. The minimum Gasteiger partial charge on any atom is -0.375 e. The minimum absolute atomic E-state index is 0.242. The van der Waals surface area contributed by atoms with Crippen LogP contribution in [-0.2, 0) is 0 Å². The van der Waals surface area contributed by atoms with E-state index in [4.69, 9.17) is 17.3 Å². The van der Waals surface area contributed by atoms with Gasteiger partial charge in [0.05, 0.1) is 17.1 Å². The van der Waals surface area contributed by atoms with Crippen molar-refractivity contribution in [1.29, 1.82) is 0 Å². The molecule has 0 bridgehead atoms. The van der Waals surface area contributed by atoms with Crippen molar-refractivity contribution in [1.82, 2.24) is 9.97 Å². The summed E-state index contributed by atoms with van der Waals surface area (Å²) >= 11 is 6.91. The number of halogens is 1. The van der Waals surface area contributed by atoms with E-state index in [1.807, 2.05) is 0 Å². The van der Waals surface area contributed by atoms with E-state index < -0.39 is 0 Å². The van der Waals surface area contributed by atoms with Crippen LogP contribution in [0.5, 0.6) is 0 Å². The summed E-state index contributed by atoms with van der Waals surface area (Å²) in [7, 11) is 0. The summed E-state index contributed by atoms with van der Waals surface area (Å²) < 4.78 is 0. The van der Waals surface area contributed by atoms with Crippen LogP contribution < -0.4 is 11.1 Å². The molecule has 7 heteroatoms. The van der Waals surface area contributed by atoms with Crippen molar-refractivity contribution in [2.75, 3.05) is 11.1 Å². The molecule has 3 N–H and O–H groups in total. The topological polar surface area (TPSA) is 80.9 Å². The molecule has 0 aromatic carbocycles. The highest BCUT2D eigenvalue weighted by molar-refractivity contribution is 7.17. The number of pyridine rings is 1. The Morgan fingerprint density at radius 1 is 1.33 bits per heavy atom. The Balaban J connectivity index is 2.24. The number of thiazole rings is 1. The van der Waals surface area contributed by atoms with Gasteiger partial charge in [-0.25, -0.2) is 9.97 Å². The standard InChI is InChI=1S/C11H11ClN4OS/c1-5-7(3-4-8(12)14-5)16-10(17)9-6(2)15-11(13)18-9/h3-4H,1-2H3,(H2,13,15)(H,16,17). The number of hydrogen-bond acceptors (Lipinski definition) is 5. The molecular weight excluding hydrogens is 272 g/mol. The molecule has 0 aliphatic rings. The molecule has 0 unspecified atom stereocenters. The molecule has 1 amide bonds. The summed E-state index contributed by atoms with van der Waals surface area (Å²) in [6, 6.07) is 3.33. The first-order chi connectivity index (χ1) is 8.47. The van der Waals surface area contributed by atoms with E-state index in [1.54, 1.807) is 26.0 Å². The van der Waals surface area contributed by atoms with E-state index in [9.17, 15) is 4.79 Å². The van der Waals surface area contributed by atoms with Gasteiger partial charge in [-0.15, -0.1) is 0 Å². The number of nitrogens with zero attached hydrogens (tertiary/aromatic N) is 2. The molecule has 2 rings (SSSR count). The number of nitrogens with one attached hydrogen (secondary N) is 1. The number of rotatable bonds is 2. The number of aromatic nitrogens is 2. The lowest BCUT2D eigenvalue weighted by Gasteiger charge is -2.06. The Morgan fingerprint density at radius 2 is 2.06 bits per heavy atom. The number of aryl methyl sites for hydroxylation is 2. The van der Waals surface area contributed by atoms with E-state index >= 15 is 0 Å². The van der Waals surface area contributed by atoms with Crippen molar-refractivity contribution < 1.29 is 4.79 Å². The van der Waals surface area contributed by atoms with E-state index in [1.165, 1.54) is 0 Å². The molecule has 0 aliphatic carbocycles. The summed E-state index contributed by atoms with van der Waals surface area (Å²) in [6.07, 6.45) is 0. The third-order valence-corrected chi connectivity index (χ3v) is 3.52. The predicted molar refractivity (Wildman–Crippen MR) is 73.2 cm³/mol. The van der Waals surface area contributed by atoms with Crippen molar-refractivity contribution >= 4 is 39.7 Å². The highest BCUT2D eigenvalue weighted by atomic mass is 35.5. The molecule has 18 heavy (non-hydrogen) atoms. The molecule has 0 radical (unpaired) electrons. The number of nitrogens with two attached hydrogens (primary N) is 1. The van der Waals surface area contributed by atoms with E-state index in [0.29, 0.717) is 32.2 Å². The van der Waals surface area contributed by atoms with Gasteiger partial charge in [0, 0.05) is 0 Å². The lowest BCUT2D eigenvalue weighted by atomic mass is 10.3. The lowest BCUT2D eigenvalue weighted by molar-refractivity contribution is 0.102. The predicted octanol–water partition coefficient (Wildman–Crippen LogP) is 2.64. The van der Waals surface area contributed by atoms with Crippen LogP contribution in [0.2, 0.25) is 5.15 Å². The van der Waals surface area contributed by atoms with Gasteiger partial charge in [-0.2, -0.15) is 0 Å². The van der Waals surface area contributed by atoms with E-state index in [0.717, 1.165) is 11.3 Å². The second kappa shape index (κ2) is 4.91. The third kappa shape index (κ3) is 2.60. The zero-order chi connectivity index (χ0) is 13.3. The maximum atomic E-state index is 12.0. The van der Waals surface area contributed by atoms with Crippen LogP contribution >= 0.6 is 22.9 Å². The van der Waals surface area contributed by atoms with Crippen molar-refractivity contribution in [2.24, 2.45) is 0 Å². The van der Waals surface area contributed by atoms with Gasteiger partial charge in [-0.05, 0) is 26.0 Å². The fraction of sp³-hybridized carbons (Fsp3) is 0.182. The smallest absolute Gasteiger partial charge is 0.267 e. The quantitative estimate of drug-likeness (QED) is 0.830. The SMILES string of the molecule is Cc1nc(Cl)ccc1NC(=O)c1sc(N)nc1C. The van der Waals surface area contributed by atoms with Crippen LogP contribution in [-0.4, -0.2) is 15.9 Å². The zero-order valence-electron chi connectivity index (χ0n) is 9.82. The van der Waals surface area contributed by atoms with Gasteiger partial charge in [0.1, 0.15) is 10.0 Å². The maximum Gasteiger partial charge on any atom is 0.267 e. The minimum atomic E-state index is -0.242. The second-order valence-electron chi connectivity index (χ2n) is 3.69. The van der Waals surface area contributed by atoms with Gasteiger partial charge in [-0.1, -0.05) is 22.9 Å². The molecule has 2 aromatic rings. The number of carbonyl (C=O) groups excluding carboxylic acids is 1. The van der Waals surface area contributed by atoms with Crippen LogP contribution in [0.15, 0.2) is 12.1 Å². The first-order valence-corrected chi connectivity index (χ1v) is 6.34. The Morgan fingerprint density at radius 3 is 2.61 bits per heavy atom. The van der Waals surface area contributed by atoms with Gasteiger partial charge in [0.15, 0.2) is 5.13 Å². The molecule has 2 heterocycles. The van der Waals surface area contributed by atoms with Gasteiger partial charge >= 0.3 is 0 Å². The number of anilines is 2. The van der Waals surface area contributed by atoms with Crippen LogP contribution in [0.25, 0.3) is 0 Å². The van der Waals surface area contributed by atoms with Gasteiger partial charge in [0.2, 0.25) is 0 Å². The number of carbonyl (C=O) groups is 1. The van der Waals surface area contributed by atoms with E-state index in [-0.39, 0.29) is 5.91 Å². The fourth-order valence-electron chi connectivity index (χ4n) is 1.47. The van der Waals surface area contributed by atoms with Crippen LogP contribution in [0.3, 0.4) is 0 Å². The molecule has 2 aromatic heterocycles. The Bertz CT molecular complexity index is 611. The van der Waals surface area contributed by atoms with Crippen molar-refractivity contribution in [3.05, 3.63) is 33.6 Å². The summed E-state index contributed by atoms with van der Waals surface area (Å²) in [5, 5.41) is 3.53. The largest absolute Gasteiger partial charge is 0.375 e. The summed E-state index contributed by atoms with van der Waals surface area (Å²) in [5.74, 6) is -0.242. The molecule has 0 saturated carbocycles. The average molecular weight is 283 g/mol. The summed E-state index contributed by atoms with van der Waals surface area (Å²) in [4.78, 5) is 20.6. The summed E-state index contributed by atoms with van der Waals surface area (Å²) in [6.45, 7) is 3.52. The Labute approximate surface area is 113 Å². The Kier molecular flexibility index (Phi) is 3.49. The maximum absolute atomic E-state index is 12.0. The highest BCUT2D eigenvalue weighted by Crippen LogP contribution is 2.22. The lowest BCUT2D eigenvalue weighted by Crippen LogP contribution is -2.12. The molecule has 0 atom stereocenters. The molecule has 94 valence electrons. The highest BCUT2D eigenvalue weighted by Gasteiger charge is 2.15. The zero-order valence-corrected chi connectivity index (χ0v) is 11.4. The second-order valence-corrected chi connectivity index (χ2v) is 5.11. The van der Waals surface area contributed by atoms with Gasteiger partial charge < -0.3 is 11.1 Å². The van der Waals surface area contributed by atoms with Crippen LogP contribution in [0.4, 0.5) is 10.8 Å². The first-order valence-electron chi connectivity index (χ1n) is 5.15. The molecule has 0 spiro atoms. The number of hydrogen-bond donors (Lipinski definition) is 2. The van der Waals surface area contributed by atoms with E-state index in [2.05, 4.69) is 15.3 Å². The third-order valence-electron chi connectivity index (χ3n) is 2.32. The molecular formula is C11H11ClN4OS. The molecule has 5 nitrogen and oxygen atoms in total. The monoisotopic (exact) mass is 282 g/mol. The molecule has 0 aliphatic heterocycles. The van der Waals surface area contributed by atoms with Crippen molar-refractivity contribution in [3.8, 4) is 0 Å². The first kappa shape index (κ1) is 12.8. The Hall–Kier alpha value is -1.66. The normalized spacial score (nSPS) is 10.4. The van der Waals surface area contributed by atoms with Crippen LogP contribution in [0, 0.1) is 13.8 Å². The molecule has 0 fully saturated rings. The number of amides is 1. The van der Waals surface area contributed by atoms with Crippen LogP contribution in [0.1, 0.15) is 21.1 Å².